The van der Waals surface area contributed by atoms with Crippen molar-refractivity contribution in [1.29, 1.82) is 0 Å². The standard InChI is InChI=1S/C6H2ClF3N4.C4H4N2/c7-3-1-2-4-11-12-5(6(8,9)10)14(4)13-3;1-2-4-6-5-3-1/h1-2H;1-4H. The van der Waals surface area contributed by atoms with Gasteiger partial charge in [0.15, 0.2) is 5.65 Å². The molecule has 0 bridgehead atoms. The van der Waals surface area contributed by atoms with Crippen LogP contribution < -0.4 is 0 Å². The van der Waals surface area contributed by atoms with Gasteiger partial charge in [-0.05, 0) is 24.3 Å². The number of hydrogen-bond donors (Lipinski definition) is 0. The van der Waals surface area contributed by atoms with Crippen molar-refractivity contribution < 1.29 is 13.2 Å². The van der Waals surface area contributed by atoms with Crippen LogP contribution in [0.4, 0.5) is 13.2 Å². The smallest absolute Gasteiger partial charge is 0.187 e. The van der Waals surface area contributed by atoms with Crippen LogP contribution in [-0.2, 0) is 6.18 Å². The number of nitrogens with zero attached hydrogens (tertiary/aromatic N) is 6. The minimum absolute atomic E-state index is 0.00160. The maximum absolute atomic E-state index is 12.3. The molecule has 0 amide bonds. The molecule has 3 rings (SSSR count). The van der Waals surface area contributed by atoms with E-state index in [2.05, 4.69) is 25.5 Å². The average Bonchev–Trinajstić information content (AvgIpc) is 2.84. The van der Waals surface area contributed by atoms with E-state index in [-0.39, 0.29) is 10.8 Å². The summed E-state index contributed by atoms with van der Waals surface area (Å²) < 4.78 is 37.4. The summed E-state index contributed by atoms with van der Waals surface area (Å²) >= 11 is 5.44. The molecule has 104 valence electrons. The molecule has 0 fully saturated rings. The van der Waals surface area contributed by atoms with Crippen molar-refractivity contribution >= 4 is 17.2 Å². The second-order valence-electron chi connectivity index (χ2n) is 3.36. The zero-order valence-corrected chi connectivity index (χ0v) is 10.4. The van der Waals surface area contributed by atoms with Crippen LogP contribution in [0.25, 0.3) is 5.65 Å². The van der Waals surface area contributed by atoms with E-state index in [4.69, 9.17) is 11.6 Å². The first kappa shape index (κ1) is 14.1. The average molecular weight is 303 g/mol. The van der Waals surface area contributed by atoms with E-state index in [0.717, 1.165) is 0 Å². The third-order valence-electron chi connectivity index (χ3n) is 1.97. The zero-order valence-electron chi connectivity index (χ0n) is 9.66. The maximum atomic E-state index is 12.3. The van der Waals surface area contributed by atoms with Gasteiger partial charge < -0.3 is 0 Å². The Morgan fingerprint density at radius 3 is 2.15 bits per heavy atom. The molecule has 0 N–H and O–H groups in total. The molecule has 0 unspecified atom stereocenters. The molecule has 10 heteroatoms. The van der Waals surface area contributed by atoms with Gasteiger partial charge in [0.05, 0.1) is 0 Å². The summed E-state index contributed by atoms with van der Waals surface area (Å²) in [5, 5.41) is 16.7. The van der Waals surface area contributed by atoms with Crippen molar-refractivity contribution in [2.24, 2.45) is 0 Å². The lowest BCUT2D eigenvalue weighted by molar-refractivity contribution is -0.146. The van der Waals surface area contributed by atoms with Gasteiger partial charge in [-0.2, -0.15) is 33.0 Å². The predicted octanol–water partition coefficient (Wildman–Crippen LogP) is 2.27. The van der Waals surface area contributed by atoms with Crippen LogP contribution in [0.3, 0.4) is 0 Å². The number of hydrogen-bond acceptors (Lipinski definition) is 5. The largest absolute Gasteiger partial charge is 0.453 e. The lowest BCUT2D eigenvalue weighted by Gasteiger charge is -2.02. The Labute approximate surface area is 115 Å². The van der Waals surface area contributed by atoms with Gasteiger partial charge in [0.25, 0.3) is 5.82 Å². The monoisotopic (exact) mass is 302 g/mol. The molecule has 0 aliphatic carbocycles. The van der Waals surface area contributed by atoms with Crippen LogP contribution in [-0.4, -0.2) is 30.0 Å². The fourth-order valence-electron chi connectivity index (χ4n) is 1.20. The summed E-state index contributed by atoms with van der Waals surface area (Å²) in [6.45, 7) is 0. The summed E-state index contributed by atoms with van der Waals surface area (Å²) in [4.78, 5) is 0. The van der Waals surface area contributed by atoms with Crippen molar-refractivity contribution in [2.75, 3.05) is 0 Å². The van der Waals surface area contributed by atoms with Crippen LogP contribution in [0.5, 0.6) is 0 Å². The third-order valence-corrected chi connectivity index (χ3v) is 2.17. The number of halogens is 4. The fraction of sp³-hybridized carbons (Fsp3) is 0.100. The minimum Gasteiger partial charge on any atom is -0.187 e. The van der Waals surface area contributed by atoms with Crippen molar-refractivity contribution in [1.82, 2.24) is 30.0 Å². The molecule has 0 aliphatic rings. The Morgan fingerprint density at radius 1 is 1.00 bits per heavy atom. The zero-order chi connectivity index (χ0) is 14.6. The van der Waals surface area contributed by atoms with Gasteiger partial charge in [0, 0.05) is 12.4 Å². The fourth-order valence-corrected chi connectivity index (χ4v) is 1.34. The second kappa shape index (κ2) is 5.78. The number of aromatic nitrogens is 6. The highest BCUT2D eigenvalue weighted by Gasteiger charge is 2.37. The lowest BCUT2D eigenvalue weighted by atomic mass is 10.5. The Balaban J connectivity index is 0.000000205. The molecule has 6 nitrogen and oxygen atoms in total. The first-order valence-corrected chi connectivity index (χ1v) is 5.53. The van der Waals surface area contributed by atoms with E-state index in [1.165, 1.54) is 12.1 Å². The summed E-state index contributed by atoms with van der Waals surface area (Å²) in [6, 6.07) is 6.29. The number of rotatable bonds is 0. The van der Waals surface area contributed by atoms with E-state index < -0.39 is 12.0 Å². The molecule has 0 saturated carbocycles. The molecule has 20 heavy (non-hydrogen) atoms. The Hall–Kier alpha value is -2.29. The first-order chi connectivity index (χ1) is 9.48. The van der Waals surface area contributed by atoms with Crippen LogP contribution >= 0.6 is 11.6 Å². The SMILES string of the molecule is FC(F)(F)c1nnc2ccc(Cl)nn12.c1ccnnc1. The predicted molar refractivity (Wildman–Crippen MR) is 62.8 cm³/mol. The normalized spacial score (nSPS) is 11.0. The van der Waals surface area contributed by atoms with Gasteiger partial charge in [-0.25, -0.2) is 0 Å². The third kappa shape index (κ3) is 3.38. The topological polar surface area (TPSA) is 68.9 Å². The Kier molecular flexibility index (Phi) is 4.08. The molecule has 3 aromatic heterocycles. The van der Waals surface area contributed by atoms with Crippen LogP contribution in [0.2, 0.25) is 5.15 Å². The molecule has 0 atom stereocenters. The van der Waals surface area contributed by atoms with E-state index in [0.29, 0.717) is 4.52 Å². The summed E-state index contributed by atoms with van der Waals surface area (Å²) in [6.07, 6.45) is -1.31. The van der Waals surface area contributed by atoms with E-state index >= 15 is 0 Å². The van der Waals surface area contributed by atoms with E-state index in [9.17, 15) is 13.2 Å². The van der Waals surface area contributed by atoms with Crippen molar-refractivity contribution in [3.05, 3.63) is 47.6 Å². The van der Waals surface area contributed by atoms with Gasteiger partial charge in [-0.1, -0.05) is 11.6 Å². The molecule has 3 heterocycles. The molecule has 0 spiro atoms. The molecular formula is C10H6ClF3N6. The Bertz CT molecular complexity index is 658. The minimum atomic E-state index is -4.59. The van der Waals surface area contributed by atoms with Crippen molar-refractivity contribution in [2.45, 2.75) is 6.18 Å². The highest BCUT2D eigenvalue weighted by atomic mass is 35.5. The quantitative estimate of drug-likeness (QED) is 0.637. The summed E-state index contributed by atoms with van der Waals surface area (Å²) in [7, 11) is 0. The highest BCUT2D eigenvalue weighted by molar-refractivity contribution is 6.29. The highest BCUT2D eigenvalue weighted by Crippen LogP contribution is 2.27. The van der Waals surface area contributed by atoms with Gasteiger partial charge in [-0.3, -0.25) is 0 Å². The van der Waals surface area contributed by atoms with Gasteiger partial charge in [0.1, 0.15) is 5.15 Å². The van der Waals surface area contributed by atoms with E-state index in [1.807, 2.05) is 12.1 Å². The van der Waals surface area contributed by atoms with Crippen LogP contribution in [0.15, 0.2) is 36.7 Å². The Morgan fingerprint density at radius 2 is 1.65 bits per heavy atom. The molecule has 0 aromatic carbocycles. The van der Waals surface area contributed by atoms with Crippen molar-refractivity contribution in [3.8, 4) is 0 Å². The number of fused-ring (bicyclic) bond motifs is 1. The summed E-state index contributed by atoms with van der Waals surface area (Å²) in [5.74, 6) is -1.19. The molecule has 0 radical (unpaired) electrons. The molecule has 0 saturated heterocycles. The molecule has 3 aromatic rings. The van der Waals surface area contributed by atoms with Gasteiger partial charge in [0.2, 0.25) is 0 Å². The van der Waals surface area contributed by atoms with Crippen LogP contribution in [0, 0.1) is 0 Å². The molecular weight excluding hydrogens is 297 g/mol. The second-order valence-corrected chi connectivity index (χ2v) is 3.75. The summed E-state index contributed by atoms with van der Waals surface area (Å²) in [5.41, 5.74) is 0.00160. The maximum Gasteiger partial charge on any atom is 0.453 e. The lowest BCUT2D eigenvalue weighted by Crippen LogP contribution is -2.12. The van der Waals surface area contributed by atoms with E-state index in [1.54, 1.807) is 12.4 Å². The number of alkyl halides is 3. The first-order valence-electron chi connectivity index (χ1n) is 5.15. The van der Waals surface area contributed by atoms with Crippen molar-refractivity contribution in [3.63, 3.8) is 0 Å². The van der Waals surface area contributed by atoms with Gasteiger partial charge in [-0.15, -0.1) is 10.2 Å². The molecule has 0 aliphatic heterocycles. The van der Waals surface area contributed by atoms with Gasteiger partial charge >= 0.3 is 6.18 Å². The van der Waals surface area contributed by atoms with Crippen LogP contribution in [0.1, 0.15) is 5.82 Å².